The maximum atomic E-state index is 11.6. The van der Waals surface area contributed by atoms with Crippen LogP contribution in [0.2, 0.25) is 10.0 Å². The molecule has 0 saturated heterocycles. The minimum Gasteiger partial charge on any atom is -0.225 e. The van der Waals surface area contributed by atoms with Gasteiger partial charge in [-0.2, -0.15) is 5.26 Å². The fourth-order valence-corrected chi connectivity index (χ4v) is 8.86. The van der Waals surface area contributed by atoms with E-state index in [1.807, 2.05) is 83.1 Å². The molecule has 10 nitrogen and oxygen atoms in total. The van der Waals surface area contributed by atoms with Crippen molar-refractivity contribution in [3.05, 3.63) is 85.4 Å². The molecular weight excluding hydrogens is 865 g/mol. The van der Waals surface area contributed by atoms with Crippen molar-refractivity contribution in [1.82, 2.24) is 0 Å². The zero-order valence-electron chi connectivity index (χ0n) is 35.0. The minimum atomic E-state index is -3.77. The van der Waals surface area contributed by atoms with Crippen molar-refractivity contribution in [2.24, 2.45) is 15.4 Å². The van der Waals surface area contributed by atoms with E-state index in [4.69, 9.17) is 43.9 Å². The second-order valence-electron chi connectivity index (χ2n) is 14.5. The standard InChI is InChI=1S/C13H18N2O2S.2C12H18ClNO2S.2K.Na/c1-8(2)11-6-13(18(15,16)17)12(9(3)4)5-10(11)7-14;2*1-7(2)9-6-12(17(14,15)16)10(8(3)4)5-11(9)13;;;/h5-6,8-9H,1-4H3,(H2,15,16,17);2*5-8H,1-4H3,(H2,14,15,16);;;. The van der Waals surface area contributed by atoms with Gasteiger partial charge in [-0.1, -0.05) is 106 Å². The van der Waals surface area contributed by atoms with E-state index >= 15 is 0 Å². The van der Waals surface area contributed by atoms with Gasteiger partial charge in [-0.05, 0) is 105 Å². The number of primary sulfonamides is 3. The molecule has 0 unspecified atom stereocenters. The first-order valence-corrected chi connectivity index (χ1v) is 22.2. The van der Waals surface area contributed by atoms with Gasteiger partial charge in [0.05, 0.1) is 26.3 Å². The van der Waals surface area contributed by atoms with Gasteiger partial charge in [-0.25, -0.2) is 40.7 Å². The molecule has 18 heteroatoms. The molecule has 0 amide bonds. The van der Waals surface area contributed by atoms with E-state index in [2.05, 4.69) is 6.07 Å². The molecular formula is C37H54Cl2K2N4NaO6S3. The Labute approximate surface area is 448 Å². The molecule has 3 radical (unpaired) electrons. The summed E-state index contributed by atoms with van der Waals surface area (Å²) >= 11 is 12.3. The maximum absolute atomic E-state index is 11.6. The van der Waals surface area contributed by atoms with Gasteiger partial charge in [0.1, 0.15) is 0 Å². The average Bonchev–Trinajstić information content (AvgIpc) is 2.98. The van der Waals surface area contributed by atoms with Crippen LogP contribution in [0.4, 0.5) is 0 Å². The topological polar surface area (TPSA) is 204 Å². The number of nitrogens with two attached hydrogens (primary N) is 3. The largest absolute Gasteiger partial charge is 0.238 e. The molecule has 3 aromatic rings. The van der Waals surface area contributed by atoms with E-state index in [-0.39, 0.29) is 183 Å². The van der Waals surface area contributed by atoms with Crippen molar-refractivity contribution < 1.29 is 25.3 Å². The number of nitrogens with zero attached hydrogens (tertiary/aromatic N) is 1. The van der Waals surface area contributed by atoms with Crippen LogP contribution in [-0.2, 0) is 30.1 Å². The van der Waals surface area contributed by atoms with Crippen LogP contribution in [0.15, 0.2) is 51.1 Å². The zero-order valence-corrected chi connectivity index (χ0v) is 47.2. The summed E-state index contributed by atoms with van der Waals surface area (Å²) in [4.78, 5) is 0.487. The van der Waals surface area contributed by atoms with Crippen molar-refractivity contribution in [1.29, 1.82) is 5.26 Å². The Morgan fingerprint density at radius 3 is 0.873 bits per heavy atom. The minimum absolute atomic E-state index is 0. The van der Waals surface area contributed by atoms with Crippen molar-refractivity contribution >= 4 is 186 Å². The zero-order chi connectivity index (χ0) is 40.8. The Bertz CT molecular complexity index is 2040. The summed E-state index contributed by atoms with van der Waals surface area (Å²) in [7, 11) is -11.2. The molecule has 293 valence electrons. The number of sulfonamides is 3. The summed E-state index contributed by atoms with van der Waals surface area (Å²) in [6.45, 7) is 23.1. The Morgan fingerprint density at radius 1 is 0.455 bits per heavy atom. The molecule has 0 fully saturated rings. The number of nitriles is 1. The molecule has 0 aliphatic heterocycles. The van der Waals surface area contributed by atoms with E-state index in [0.29, 0.717) is 37.9 Å². The van der Waals surface area contributed by atoms with Gasteiger partial charge in [0.25, 0.3) is 0 Å². The Kier molecular flexibility index (Phi) is 28.4. The van der Waals surface area contributed by atoms with E-state index in [1.165, 1.54) is 6.07 Å². The first-order chi connectivity index (χ1) is 23.5. The fourth-order valence-electron chi connectivity index (χ4n) is 5.33. The number of rotatable bonds is 9. The fraction of sp³-hybridized carbons (Fsp3) is 0.486. The van der Waals surface area contributed by atoms with Gasteiger partial charge < -0.3 is 0 Å². The van der Waals surface area contributed by atoms with E-state index in [1.54, 1.807) is 30.3 Å². The van der Waals surface area contributed by atoms with Crippen LogP contribution in [-0.4, -0.2) is 158 Å². The summed E-state index contributed by atoms with van der Waals surface area (Å²) in [5.41, 5.74) is 4.77. The van der Waals surface area contributed by atoms with Gasteiger partial charge in [0, 0.05) is 142 Å². The molecule has 3 rings (SSSR count). The molecule has 0 atom stereocenters. The normalized spacial score (nSPS) is 11.6. The summed E-state index contributed by atoms with van der Waals surface area (Å²) in [6.07, 6.45) is 0. The summed E-state index contributed by atoms with van der Waals surface area (Å²) < 4.78 is 69.6. The first-order valence-electron chi connectivity index (χ1n) is 16.8. The number of halogens is 2. The van der Waals surface area contributed by atoms with Gasteiger partial charge in [0.15, 0.2) is 0 Å². The first kappa shape index (κ1) is 61.0. The maximum Gasteiger partial charge on any atom is 0.238 e. The number of hydrogen-bond acceptors (Lipinski definition) is 7. The molecule has 0 aliphatic rings. The third kappa shape index (κ3) is 18.3. The van der Waals surface area contributed by atoms with Crippen molar-refractivity contribution in [3.63, 3.8) is 0 Å². The molecule has 3 aromatic carbocycles. The third-order valence-corrected chi connectivity index (χ3v) is 11.8. The van der Waals surface area contributed by atoms with Crippen LogP contribution < -0.4 is 15.4 Å². The SMILES string of the molecule is CC(C)c1cc(S(N)(=O)=O)c(C(C)C)cc1C#N.CC(C)c1cc(S(N)(=O)=O)c(C(C)C)cc1Cl.CC(C)c1cc(S(N)(=O)=O)c(C(C)C)cc1Cl.[K].[K].[Na]. The molecule has 6 N–H and O–H groups in total. The van der Waals surface area contributed by atoms with Crippen LogP contribution in [0.5, 0.6) is 0 Å². The molecule has 0 heterocycles. The third-order valence-electron chi connectivity index (χ3n) is 8.21. The van der Waals surface area contributed by atoms with Crippen LogP contribution >= 0.6 is 23.2 Å². The van der Waals surface area contributed by atoms with Crippen molar-refractivity contribution in [2.45, 2.75) is 133 Å². The number of benzene rings is 3. The predicted molar refractivity (Wildman–Crippen MR) is 230 cm³/mol. The van der Waals surface area contributed by atoms with Crippen molar-refractivity contribution in [3.8, 4) is 6.07 Å². The van der Waals surface area contributed by atoms with Gasteiger partial charge in [0.2, 0.25) is 30.1 Å². The second kappa shape index (κ2) is 25.6. The molecule has 0 aromatic heterocycles. The van der Waals surface area contributed by atoms with Crippen LogP contribution in [0.1, 0.15) is 158 Å². The van der Waals surface area contributed by atoms with E-state index in [9.17, 15) is 25.3 Å². The van der Waals surface area contributed by atoms with Crippen molar-refractivity contribution in [2.75, 3.05) is 0 Å². The summed E-state index contributed by atoms with van der Waals surface area (Å²) in [5.74, 6) is 0.491. The summed E-state index contributed by atoms with van der Waals surface area (Å²) in [6, 6.07) is 11.9. The predicted octanol–water partition coefficient (Wildman–Crippen LogP) is 7.78. The van der Waals surface area contributed by atoms with Gasteiger partial charge in [-0.3, -0.25) is 0 Å². The monoisotopic (exact) mass is 917 g/mol. The molecule has 0 bridgehead atoms. The second-order valence-corrected chi connectivity index (χ2v) is 19.9. The quantitative estimate of drug-likeness (QED) is 0.182. The summed E-state index contributed by atoms with van der Waals surface area (Å²) in [5, 5.41) is 26.1. The Balaban J connectivity index is -0.000000718. The average molecular weight is 919 g/mol. The van der Waals surface area contributed by atoms with Gasteiger partial charge in [-0.15, -0.1) is 0 Å². The number of hydrogen-bond donors (Lipinski definition) is 3. The molecule has 0 aliphatic carbocycles. The molecule has 0 spiro atoms. The van der Waals surface area contributed by atoms with Crippen LogP contribution in [0, 0.1) is 11.3 Å². The van der Waals surface area contributed by atoms with Gasteiger partial charge >= 0.3 is 0 Å². The van der Waals surface area contributed by atoms with Crippen LogP contribution in [0.25, 0.3) is 0 Å². The van der Waals surface area contributed by atoms with E-state index in [0.717, 1.165) is 11.1 Å². The van der Waals surface area contributed by atoms with Crippen LogP contribution in [0.3, 0.4) is 0 Å². The Morgan fingerprint density at radius 2 is 0.673 bits per heavy atom. The Hall–Kier alpha value is 1.73. The molecule has 0 saturated carbocycles. The smallest absolute Gasteiger partial charge is 0.225 e. The molecule has 55 heavy (non-hydrogen) atoms. The van der Waals surface area contributed by atoms with E-state index < -0.39 is 30.1 Å².